The molecule has 0 amide bonds. The van der Waals surface area contributed by atoms with Gasteiger partial charge in [-0.1, -0.05) is 19.1 Å². The quantitative estimate of drug-likeness (QED) is 0.718. The van der Waals surface area contributed by atoms with Gasteiger partial charge in [-0.2, -0.15) is 0 Å². The number of aliphatic hydroxyl groups is 1. The van der Waals surface area contributed by atoms with Gasteiger partial charge in [0.05, 0.1) is 18.1 Å². The Kier molecular flexibility index (Phi) is 6.26. The predicted molar refractivity (Wildman–Crippen MR) is 88.0 cm³/mol. The molecule has 1 saturated carbocycles. The van der Waals surface area contributed by atoms with E-state index in [-0.39, 0.29) is 24.0 Å². The Morgan fingerprint density at radius 2 is 2.14 bits per heavy atom. The second-order valence-corrected chi connectivity index (χ2v) is 8.35. The van der Waals surface area contributed by atoms with E-state index in [4.69, 9.17) is 9.84 Å². The Morgan fingerprint density at radius 3 is 2.77 bits per heavy atom. The van der Waals surface area contributed by atoms with Crippen LogP contribution in [0.5, 0.6) is 5.75 Å². The Hall–Kier alpha value is -1.07. The van der Waals surface area contributed by atoms with Crippen LogP contribution in [-0.4, -0.2) is 38.2 Å². The van der Waals surface area contributed by atoms with E-state index in [9.17, 15) is 8.42 Å². The smallest absolute Gasteiger partial charge is 0.151 e. The van der Waals surface area contributed by atoms with Crippen LogP contribution in [0.2, 0.25) is 0 Å². The van der Waals surface area contributed by atoms with Gasteiger partial charge in [0.2, 0.25) is 0 Å². The third kappa shape index (κ3) is 5.61. The highest BCUT2D eigenvalue weighted by Crippen LogP contribution is 2.30. The number of rotatable bonds is 10. The molecule has 4 nitrogen and oxygen atoms in total. The maximum absolute atomic E-state index is 12.1. The molecule has 1 N–H and O–H groups in total. The zero-order valence-corrected chi connectivity index (χ0v) is 14.0. The molecule has 0 unspecified atom stereocenters. The molecule has 1 atom stereocenters. The SMILES string of the molecule is CC[C@@H](CS(=O)(=O)CCCO)c1cccc(OCC2CC2)c1. The zero-order chi connectivity index (χ0) is 16.0. The Balaban J connectivity index is 2.01. The van der Waals surface area contributed by atoms with E-state index in [1.54, 1.807) is 0 Å². The van der Waals surface area contributed by atoms with Crippen LogP contribution >= 0.6 is 0 Å². The number of hydrogen-bond acceptors (Lipinski definition) is 4. The van der Waals surface area contributed by atoms with Crippen molar-refractivity contribution in [3.8, 4) is 5.75 Å². The minimum Gasteiger partial charge on any atom is -0.493 e. The average Bonchev–Trinajstić information content (AvgIpc) is 3.33. The first-order valence-electron chi connectivity index (χ1n) is 8.08. The summed E-state index contributed by atoms with van der Waals surface area (Å²) in [6.07, 6.45) is 3.58. The number of ether oxygens (including phenoxy) is 1. The highest BCUT2D eigenvalue weighted by molar-refractivity contribution is 7.91. The molecule has 5 heteroatoms. The molecule has 1 aliphatic rings. The van der Waals surface area contributed by atoms with E-state index in [1.165, 1.54) is 12.8 Å². The summed E-state index contributed by atoms with van der Waals surface area (Å²) >= 11 is 0. The van der Waals surface area contributed by atoms with Crippen molar-refractivity contribution in [2.24, 2.45) is 5.92 Å². The molecule has 0 saturated heterocycles. The average molecular weight is 326 g/mol. The summed E-state index contributed by atoms with van der Waals surface area (Å²) in [7, 11) is -3.13. The molecule has 0 heterocycles. The maximum atomic E-state index is 12.1. The molecule has 1 aromatic carbocycles. The van der Waals surface area contributed by atoms with E-state index in [2.05, 4.69) is 0 Å². The summed E-state index contributed by atoms with van der Waals surface area (Å²) in [6, 6.07) is 7.80. The monoisotopic (exact) mass is 326 g/mol. The molecular weight excluding hydrogens is 300 g/mol. The van der Waals surface area contributed by atoms with Crippen LogP contribution in [0.4, 0.5) is 0 Å². The van der Waals surface area contributed by atoms with Crippen molar-refractivity contribution in [1.29, 1.82) is 0 Å². The van der Waals surface area contributed by atoms with Crippen molar-refractivity contribution in [2.45, 2.75) is 38.5 Å². The molecule has 1 fully saturated rings. The van der Waals surface area contributed by atoms with E-state index in [0.717, 1.165) is 24.3 Å². The first kappa shape index (κ1) is 17.3. The largest absolute Gasteiger partial charge is 0.493 e. The second kappa shape index (κ2) is 7.97. The highest BCUT2D eigenvalue weighted by atomic mass is 32.2. The maximum Gasteiger partial charge on any atom is 0.151 e. The van der Waals surface area contributed by atoms with Gasteiger partial charge in [-0.3, -0.25) is 0 Å². The van der Waals surface area contributed by atoms with Crippen LogP contribution in [0, 0.1) is 5.92 Å². The lowest BCUT2D eigenvalue weighted by Crippen LogP contribution is -2.18. The Labute approximate surface area is 133 Å². The highest BCUT2D eigenvalue weighted by Gasteiger charge is 2.22. The van der Waals surface area contributed by atoms with Gasteiger partial charge in [0.25, 0.3) is 0 Å². The van der Waals surface area contributed by atoms with Crippen LogP contribution < -0.4 is 4.74 Å². The topological polar surface area (TPSA) is 63.6 Å². The van der Waals surface area contributed by atoms with Crippen LogP contribution in [-0.2, 0) is 9.84 Å². The molecule has 0 aliphatic heterocycles. The third-order valence-electron chi connectivity index (χ3n) is 4.07. The number of aliphatic hydroxyl groups excluding tert-OH is 1. The van der Waals surface area contributed by atoms with E-state index in [0.29, 0.717) is 12.3 Å². The number of benzene rings is 1. The molecule has 22 heavy (non-hydrogen) atoms. The zero-order valence-electron chi connectivity index (χ0n) is 13.2. The molecule has 0 bridgehead atoms. The lowest BCUT2D eigenvalue weighted by molar-refractivity contribution is 0.295. The molecule has 2 rings (SSSR count). The number of sulfone groups is 1. The lowest BCUT2D eigenvalue weighted by Gasteiger charge is -2.17. The van der Waals surface area contributed by atoms with Gasteiger partial charge in [-0.15, -0.1) is 0 Å². The van der Waals surface area contributed by atoms with Crippen molar-refractivity contribution < 1.29 is 18.3 Å². The number of hydrogen-bond donors (Lipinski definition) is 1. The van der Waals surface area contributed by atoms with Gasteiger partial charge < -0.3 is 9.84 Å². The van der Waals surface area contributed by atoms with E-state index >= 15 is 0 Å². The third-order valence-corrected chi connectivity index (χ3v) is 5.89. The fourth-order valence-corrected chi connectivity index (χ4v) is 4.26. The normalized spacial score (nSPS) is 16.5. The van der Waals surface area contributed by atoms with Gasteiger partial charge in [0, 0.05) is 6.61 Å². The minimum absolute atomic E-state index is 0.0202. The van der Waals surface area contributed by atoms with E-state index in [1.807, 2.05) is 31.2 Å². The molecule has 0 radical (unpaired) electrons. The Bertz CT molecular complexity index is 564. The fourth-order valence-electron chi connectivity index (χ4n) is 2.48. The first-order valence-corrected chi connectivity index (χ1v) is 9.90. The standard InChI is InChI=1S/C17H26O4S/c1-2-15(13-22(19,20)10-4-9-18)16-5-3-6-17(11-16)21-12-14-7-8-14/h3,5-6,11,14-15,18H,2,4,7-10,12-13H2,1H3/t15-/m0/s1. The van der Waals surface area contributed by atoms with Gasteiger partial charge in [0.15, 0.2) is 9.84 Å². The van der Waals surface area contributed by atoms with Gasteiger partial charge in [0.1, 0.15) is 5.75 Å². The van der Waals surface area contributed by atoms with Crippen molar-refractivity contribution >= 4 is 9.84 Å². The first-order chi connectivity index (χ1) is 10.5. The van der Waals surface area contributed by atoms with Crippen molar-refractivity contribution in [3.05, 3.63) is 29.8 Å². The van der Waals surface area contributed by atoms with Crippen molar-refractivity contribution in [2.75, 3.05) is 24.7 Å². The molecule has 0 aromatic heterocycles. The molecule has 1 aromatic rings. The minimum atomic E-state index is -3.13. The second-order valence-electron chi connectivity index (χ2n) is 6.12. The Morgan fingerprint density at radius 1 is 1.36 bits per heavy atom. The van der Waals surface area contributed by atoms with Gasteiger partial charge in [-0.05, 0) is 55.2 Å². The summed E-state index contributed by atoms with van der Waals surface area (Å²) in [5, 5.41) is 8.80. The summed E-state index contributed by atoms with van der Waals surface area (Å²) in [4.78, 5) is 0. The van der Waals surface area contributed by atoms with Gasteiger partial charge >= 0.3 is 0 Å². The van der Waals surface area contributed by atoms with Crippen LogP contribution in [0.3, 0.4) is 0 Å². The summed E-state index contributed by atoms with van der Waals surface area (Å²) in [6.45, 7) is 2.68. The van der Waals surface area contributed by atoms with Crippen LogP contribution in [0.15, 0.2) is 24.3 Å². The van der Waals surface area contributed by atoms with Gasteiger partial charge in [-0.25, -0.2) is 8.42 Å². The molecule has 0 spiro atoms. The summed E-state index contributed by atoms with van der Waals surface area (Å²) < 4.78 is 30.0. The molecule has 124 valence electrons. The van der Waals surface area contributed by atoms with Crippen LogP contribution in [0.1, 0.15) is 44.1 Å². The lowest BCUT2D eigenvalue weighted by atomic mass is 9.98. The van der Waals surface area contributed by atoms with E-state index < -0.39 is 9.84 Å². The molecular formula is C17H26O4S. The van der Waals surface area contributed by atoms with Crippen molar-refractivity contribution in [1.82, 2.24) is 0 Å². The summed E-state index contributed by atoms with van der Waals surface area (Å²) in [5.74, 6) is 1.70. The predicted octanol–water partition coefficient (Wildman–Crippen LogP) is 2.77. The molecule has 1 aliphatic carbocycles. The summed E-state index contributed by atoms with van der Waals surface area (Å²) in [5.41, 5.74) is 1.02. The van der Waals surface area contributed by atoms with Crippen LogP contribution in [0.25, 0.3) is 0 Å². The van der Waals surface area contributed by atoms with Crippen molar-refractivity contribution in [3.63, 3.8) is 0 Å². The fraction of sp³-hybridized carbons (Fsp3) is 0.647.